The Hall–Kier alpha value is -1.39. The molecule has 1 aromatic carbocycles. The molecule has 4 nitrogen and oxygen atoms in total. The number of nitrogens with zero attached hydrogens (tertiary/aromatic N) is 1. The van der Waals surface area contributed by atoms with Crippen LogP contribution in [0, 0.1) is 0 Å². The molecule has 1 amide bonds. The first kappa shape index (κ1) is 14.0. The Balaban J connectivity index is 1.58. The van der Waals surface area contributed by atoms with Crippen LogP contribution in [0.1, 0.15) is 30.9 Å². The first-order valence-electron chi connectivity index (χ1n) is 6.99. The lowest BCUT2D eigenvalue weighted by Crippen LogP contribution is -2.29. The molecular weight excluding hydrogens is 240 g/mol. The van der Waals surface area contributed by atoms with Gasteiger partial charge in [-0.3, -0.25) is 4.79 Å². The average Bonchev–Trinajstić information content (AvgIpc) is 2.85. The van der Waals surface area contributed by atoms with E-state index in [-0.39, 0.29) is 5.91 Å². The summed E-state index contributed by atoms with van der Waals surface area (Å²) < 4.78 is 0. The van der Waals surface area contributed by atoms with E-state index in [2.05, 4.69) is 5.32 Å². The molecule has 1 aliphatic heterocycles. The summed E-state index contributed by atoms with van der Waals surface area (Å²) in [4.78, 5) is 13.3. The number of hydrogen-bond donors (Lipinski definition) is 2. The predicted octanol–water partition coefficient (Wildman–Crippen LogP) is 1.32. The highest BCUT2D eigenvalue weighted by Crippen LogP contribution is 2.11. The minimum Gasteiger partial charge on any atom is -0.387 e. The second kappa shape index (κ2) is 7.26. The van der Waals surface area contributed by atoms with Gasteiger partial charge in [-0.15, -0.1) is 0 Å². The zero-order valence-corrected chi connectivity index (χ0v) is 11.2. The lowest BCUT2D eigenvalue weighted by Gasteiger charge is -2.16. The van der Waals surface area contributed by atoms with Gasteiger partial charge in [-0.1, -0.05) is 30.3 Å². The van der Waals surface area contributed by atoms with Crippen molar-refractivity contribution in [3.05, 3.63) is 35.9 Å². The van der Waals surface area contributed by atoms with E-state index in [9.17, 15) is 9.90 Å². The number of nitrogens with one attached hydrogen (secondary N) is 1. The van der Waals surface area contributed by atoms with E-state index in [0.29, 0.717) is 13.0 Å². The molecule has 0 spiro atoms. The summed E-state index contributed by atoms with van der Waals surface area (Å²) in [5, 5.41) is 13.2. The fraction of sp³-hybridized carbons (Fsp3) is 0.533. The van der Waals surface area contributed by atoms with Crippen molar-refractivity contribution in [2.24, 2.45) is 0 Å². The van der Waals surface area contributed by atoms with Crippen LogP contribution in [-0.2, 0) is 4.79 Å². The van der Waals surface area contributed by atoms with Crippen molar-refractivity contribution in [2.45, 2.75) is 25.4 Å². The summed E-state index contributed by atoms with van der Waals surface area (Å²) in [6.45, 7) is 3.12. The van der Waals surface area contributed by atoms with Crippen LogP contribution in [0.2, 0.25) is 0 Å². The van der Waals surface area contributed by atoms with E-state index in [1.54, 1.807) is 0 Å². The van der Waals surface area contributed by atoms with Gasteiger partial charge in [0.1, 0.15) is 0 Å². The third-order valence-electron chi connectivity index (χ3n) is 3.47. The SMILES string of the molecule is O=C1CCCN1CCCNC[C@@H](O)c1ccccc1. The van der Waals surface area contributed by atoms with Crippen LogP contribution in [0.4, 0.5) is 0 Å². The molecule has 0 saturated carbocycles. The van der Waals surface area contributed by atoms with Crippen LogP contribution in [-0.4, -0.2) is 42.1 Å². The largest absolute Gasteiger partial charge is 0.387 e. The van der Waals surface area contributed by atoms with E-state index in [1.807, 2.05) is 35.2 Å². The quantitative estimate of drug-likeness (QED) is 0.729. The normalized spacial score (nSPS) is 16.9. The van der Waals surface area contributed by atoms with E-state index in [4.69, 9.17) is 0 Å². The van der Waals surface area contributed by atoms with E-state index < -0.39 is 6.10 Å². The van der Waals surface area contributed by atoms with Crippen molar-refractivity contribution in [3.8, 4) is 0 Å². The maximum atomic E-state index is 11.4. The number of likely N-dealkylation sites (tertiary alicyclic amines) is 1. The second-order valence-corrected chi connectivity index (χ2v) is 4.97. The monoisotopic (exact) mass is 262 g/mol. The first-order chi connectivity index (χ1) is 9.27. The highest BCUT2D eigenvalue weighted by atomic mass is 16.3. The second-order valence-electron chi connectivity index (χ2n) is 4.97. The molecule has 0 aromatic heterocycles. The first-order valence-corrected chi connectivity index (χ1v) is 6.99. The van der Waals surface area contributed by atoms with Gasteiger partial charge in [-0.05, 0) is 24.9 Å². The number of hydrogen-bond acceptors (Lipinski definition) is 3. The van der Waals surface area contributed by atoms with Gasteiger partial charge >= 0.3 is 0 Å². The molecule has 4 heteroatoms. The number of rotatable bonds is 7. The minimum absolute atomic E-state index is 0.282. The number of aliphatic hydroxyl groups is 1. The molecule has 1 atom stereocenters. The highest BCUT2D eigenvalue weighted by molar-refractivity contribution is 5.77. The summed E-state index contributed by atoms with van der Waals surface area (Å²) in [6.07, 6.45) is 2.18. The maximum absolute atomic E-state index is 11.4. The van der Waals surface area contributed by atoms with Crippen molar-refractivity contribution in [1.29, 1.82) is 0 Å². The molecule has 1 heterocycles. The number of carbonyl (C=O) groups excluding carboxylic acids is 1. The van der Waals surface area contributed by atoms with Crippen molar-refractivity contribution in [2.75, 3.05) is 26.2 Å². The Morgan fingerprint density at radius 2 is 2.11 bits per heavy atom. The molecule has 0 radical (unpaired) electrons. The van der Waals surface area contributed by atoms with Gasteiger partial charge in [0.2, 0.25) is 5.91 Å². The van der Waals surface area contributed by atoms with Crippen LogP contribution in [0.25, 0.3) is 0 Å². The molecule has 1 saturated heterocycles. The van der Waals surface area contributed by atoms with E-state index >= 15 is 0 Å². The van der Waals surface area contributed by atoms with Gasteiger partial charge in [0.05, 0.1) is 6.10 Å². The molecule has 0 aliphatic carbocycles. The fourth-order valence-corrected chi connectivity index (χ4v) is 2.37. The topological polar surface area (TPSA) is 52.6 Å². The van der Waals surface area contributed by atoms with Crippen molar-refractivity contribution in [3.63, 3.8) is 0 Å². The minimum atomic E-state index is -0.463. The molecule has 104 valence electrons. The van der Waals surface area contributed by atoms with Crippen LogP contribution in [0.3, 0.4) is 0 Å². The van der Waals surface area contributed by atoms with Crippen LogP contribution in [0.15, 0.2) is 30.3 Å². The lowest BCUT2D eigenvalue weighted by molar-refractivity contribution is -0.127. The standard InChI is InChI=1S/C15H22N2O2/c18-14(13-6-2-1-3-7-13)12-16-9-5-11-17-10-4-8-15(17)19/h1-3,6-7,14,16,18H,4-5,8-12H2/t14-/m1/s1. The number of carbonyl (C=O) groups is 1. The molecule has 2 N–H and O–H groups in total. The molecule has 1 fully saturated rings. The summed E-state index contributed by atoms with van der Waals surface area (Å²) in [7, 11) is 0. The number of benzene rings is 1. The number of amides is 1. The molecule has 0 unspecified atom stereocenters. The molecule has 1 aromatic rings. The Bertz CT molecular complexity index is 394. The van der Waals surface area contributed by atoms with Crippen LogP contribution >= 0.6 is 0 Å². The van der Waals surface area contributed by atoms with E-state index in [0.717, 1.165) is 38.0 Å². The average molecular weight is 262 g/mol. The molecule has 2 rings (SSSR count). The van der Waals surface area contributed by atoms with Gasteiger partial charge in [-0.2, -0.15) is 0 Å². The van der Waals surface area contributed by atoms with Gasteiger partial charge in [0, 0.05) is 26.1 Å². The van der Waals surface area contributed by atoms with Gasteiger partial charge in [0.15, 0.2) is 0 Å². The Labute approximate surface area is 114 Å². The fourth-order valence-electron chi connectivity index (χ4n) is 2.37. The zero-order valence-electron chi connectivity index (χ0n) is 11.2. The number of aliphatic hydroxyl groups excluding tert-OH is 1. The van der Waals surface area contributed by atoms with Crippen molar-refractivity contribution in [1.82, 2.24) is 10.2 Å². The third-order valence-corrected chi connectivity index (χ3v) is 3.47. The van der Waals surface area contributed by atoms with Crippen LogP contribution < -0.4 is 5.32 Å². The summed E-state index contributed by atoms with van der Waals surface area (Å²) in [6, 6.07) is 9.65. The molecule has 0 bridgehead atoms. The Morgan fingerprint density at radius 1 is 1.32 bits per heavy atom. The summed E-state index contributed by atoms with van der Waals surface area (Å²) >= 11 is 0. The third kappa shape index (κ3) is 4.33. The van der Waals surface area contributed by atoms with E-state index in [1.165, 1.54) is 0 Å². The van der Waals surface area contributed by atoms with Crippen molar-refractivity contribution < 1.29 is 9.90 Å². The summed E-state index contributed by atoms with van der Waals surface area (Å²) in [5.41, 5.74) is 0.935. The zero-order chi connectivity index (χ0) is 13.5. The highest BCUT2D eigenvalue weighted by Gasteiger charge is 2.18. The van der Waals surface area contributed by atoms with Gasteiger partial charge in [0.25, 0.3) is 0 Å². The smallest absolute Gasteiger partial charge is 0.222 e. The summed E-state index contributed by atoms with van der Waals surface area (Å²) in [5.74, 6) is 0.282. The van der Waals surface area contributed by atoms with Gasteiger partial charge in [-0.25, -0.2) is 0 Å². The maximum Gasteiger partial charge on any atom is 0.222 e. The molecular formula is C15H22N2O2. The molecule has 19 heavy (non-hydrogen) atoms. The predicted molar refractivity (Wildman–Crippen MR) is 74.7 cm³/mol. The van der Waals surface area contributed by atoms with Gasteiger partial charge < -0.3 is 15.3 Å². The Kier molecular flexibility index (Phi) is 5.36. The Morgan fingerprint density at radius 3 is 2.79 bits per heavy atom. The van der Waals surface area contributed by atoms with Crippen molar-refractivity contribution >= 4 is 5.91 Å². The van der Waals surface area contributed by atoms with Crippen LogP contribution in [0.5, 0.6) is 0 Å². The lowest BCUT2D eigenvalue weighted by atomic mass is 10.1. The molecule has 1 aliphatic rings.